The molecule has 0 aliphatic carbocycles. The number of hydrogen-bond acceptors (Lipinski definition) is 8. The fourth-order valence-electron chi connectivity index (χ4n) is 3.96. The molecule has 3 N–H and O–H groups in total. The Balaban J connectivity index is 1.28. The molecule has 3 unspecified atom stereocenters. The number of aromatic amines is 1. The minimum atomic E-state index is -0.347. The molecule has 10 nitrogen and oxygen atoms in total. The number of aliphatic hydroxyl groups is 2. The van der Waals surface area contributed by atoms with Gasteiger partial charge < -0.3 is 10.2 Å². The second kappa shape index (κ2) is 8.60. The molecule has 0 bridgehead atoms. The standard InChI is InChI=1S/C18H32N8O2/c1-17(2,11-15-19-22-23-20-15)9-7-13(27)5-4-6-14(28)8-10-18(3)12-16-21-24-25-26(16)18/h13-14,27-28H,4-12H2,1-3H3,(H,19,20,22,23). The number of nitrogens with zero attached hydrogens (tertiary/aromatic N) is 7. The van der Waals surface area contributed by atoms with E-state index in [1.54, 1.807) is 0 Å². The number of tetrazole rings is 2. The van der Waals surface area contributed by atoms with Crippen molar-refractivity contribution in [2.24, 2.45) is 5.41 Å². The number of H-pyrrole nitrogens is 1. The summed E-state index contributed by atoms with van der Waals surface area (Å²) < 4.78 is 1.86. The normalized spacial score (nSPS) is 21.2. The highest BCUT2D eigenvalue weighted by molar-refractivity contribution is 5.06. The SMILES string of the molecule is CC(C)(CCC(O)CCCC(O)CCC1(C)Cc2nnnn21)Cc1nnn[nH]1. The first-order valence-electron chi connectivity index (χ1n) is 10.1. The highest BCUT2D eigenvalue weighted by atomic mass is 16.3. The number of hydrogen-bond donors (Lipinski definition) is 3. The molecule has 0 fully saturated rings. The van der Waals surface area contributed by atoms with Crippen LogP contribution in [0.1, 0.15) is 77.4 Å². The van der Waals surface area contributed by atoms with E-state index in [0.717, 1.165) is 56.6 Å². The molecule has 1 aliphatic rings. The van der Waals surface area contributed by atoms with Crippen LogP contribution in [0.2, 0.25) is 0 Å². The van der Waals surface area contributed by atoms with E-state index in [1.807, 2.05) is 4.68 Å². The van der Waals surface area contributed by atoms with Gasteiger partial charge in [-0.25, -0.2) is 9.78 Å². The van der Waals surface area contributed by atoms with Gasteiger partial charge in [0.05, 0.1) is 17.7 Å². The minimum Gasteiger partial charge on any atom is -0.393 e. The molecule has 2 aromatic heterocycles. The number of nitrogens with one attached hydrogen (secondary N) is 1. The monoisotopic (exact) mass is 392 g/mol. The molecule has 3 rings (SSSR count). The maximum absolute atomic E-state index is 10.3. The molecule has 0 radical (unpaired) electrons. The van der Waals surface area contributed by atoms with Gasteiger partial charge in [0.15, 0.2) is 5.82 Å². The van der Waals surface area contributed by atoms with Crippen molar-refractivity contribution in [1.29, 1.82) is 0 Å². The van der Waals surface area contributed by atoms with Crippen molar-refractivity contribution in [2.75, 3.05) is 0 Å². The lowest BCUT2D eigenvalue weighted by molar-refractivity contribution is 0.0940. The van der Waals surface area contributed by atoms with Crippen molar-refractivity contribution in [3.8, 4) is 0 Å². The van der Waals surface area contributed by atoms with Gasteiger partial charge in [-0.1, -0.05) is 13.8 Å². The molecule has 1 aliphatic heterocycles. The van der Waals surface area contributed by atoms with Crippen LogP contribution in [0.5, 0.6) is 0 Å². The molecular formula is C18H32N8O2. The summed E-state index contributed by atoms with van der Waals surface area (Å²) in [6.07, 6.45) is 6.40. The Morgan fingerprint density at radius 1 is 1.11 bits per heavy atom. The van der Waals surface area contributed by atoms with Crippen molar-refractivity contribution < 1.29 is 10.2 Å². The second-order valence-electron chi connectivity index (χ2n) is 9.19. The third kappa shape index (κ3) is 5.32. The predicted molar refractivity (Wildman–Crippen MR) is 101 cm³/mol. The third-order valence-corrected chi connectivity index (χ3v) is 5.86. The average Bonchev–Trinajstić information content (AvgIpc) is 3.27. The first kappa shape index (κ1) is 20.8. The van der Waals surface area contributed by atoms with E-state index < -0.39 is 0 Å². The summed E-state index contributed by atoms with van der Waals surface area (Å²) in [5, 5.41) is 46.1. The van der Waals surface area contributed by atoms with Crippen molar-refractivity contribution in [3.05, 3.63) is 11.6 Å². The van der Waals surface area contributed by atoms with Gasteiger partial charge in [0.2, 0.25) is 0 Å². The fraction of sp³-hybridized carbons (Fsp3) is 0.889. The molecule has 10 heteroatoms. The molecule has 3 atom stereocenters. The molecule has 3 heterocycles. The first-order valence-corrected chi connectivity index (χ1v) is 10.1. The van der Waals surface area contributed by atoms with E-state index >= 15 is 0 Å². The van der Waals surface area contributed by atoms with Crippen LogP contribution >= 0.6 is 0 Å². The Hall–Kier alpha value is -1.94. The summed E-state index contributed by atoms with van der Waals surface area (Å²) in [7, 11) is 0. The highest BCUT2D eigenvalue weighted by Gasteiger charge is 2.41. The van der Waals surface area contributed by atoms with Crippen molar-refractivity contribution in [2.45, 2.75) is 96.3 Å². The quantitative estimate of drug-likeness (QED) is 0.489. The van der Waals surface area contributed by atoms with Gasteiger partial charge in [-0.15, -0.1) is 10.2 Å². The maximum Gasteiger partial charge on any atom is 0.154 e. The van der Waals surface area contributed by atoms with Crippen molar-refractivity contribution in [1.82, 2.24) is 40.8 Å². The van der Waals surface area contributed by atoms with Gasteiger partial charge in [-0.05, 0) is 78.1 Å². The summed E-state index contributed by atoms with van der Waals surface area (Å²) in [6, 6.07) is 0. The predicted octanol–water partition coefficient (Wildman–Crippen LogP) is 1.18. The second-order valence-corrected chi connectivity index (χ2v) is 9.19. The lowest BCUT2D eigenvalue weighted by Crippen LogP contribution is -2.45. The van der Waals surface area contributed by atoms with Crippen LogP contribution in [0.3, 0.4) is 0 Å². The Morgan fingerprint density at radius 3 is 2.54 bits per heavy atom. The first-order chi connectivity index (χ1) is 13.3. The van der Waals surface area contributed by atoms with Gasteiger partial charge in [-0.3, -0.25) is 0 Å². The zero-order valence-corrected chi connectivity index (χ0v) is 17.0. The van der Waals surface area contributed by atoms with E-state index in [2.05, 4.69) is 56.9 Å². The Bertz CT molecular complexity index is 732. The molecule has 156 valence electrons. The Labute approximate surface area is 165 Å². The van der Waals surface area contributed by atoms with Crippen LogP contribution in [0.15, 0.2) is 0 Å². The molecular weight excluding hydrogens is 360 g/mol. The van der Waals surface area contributed by atoms with Gasteiger partial charge in [0.1, 0.15) is 5.82 Å². The minimum absolute atomic E-state index is 0.0228. The van der Waals surface area contributed by atoms with Gasteiger partial charge in [0, 0.05) is 12.8 Å². The summed E-state index contributed by atoms with van der Waals surface area (Å²) in [5.41, 5.74) is -0.0427. The number of aromatic nitrogens is 8. The van der Waals surface area contributed by atoms with Crippen LogP contribution in [-0.4, -0.2) is 63.3 Å². The molecule has 0 saturated heterocycles. The number of aliphatic hydroxyl groups excluding tert-OH is 2. The fourth-order valence-corrected chi connectivity index (χ4v) is 3.96. The van der Waals surface area contributed by atoms with Crippen LogP contribution in [0.25, 0.3) is 0 Å². The van der Waals surface area contributed by atoms with Crippen molar-refractivity contribution >= 4 is 0 Å². The summed E-state index contributed by atoms with van der Waals surface area (Å²) in [6.45, 7) is 6.44. The van der Waals surface area contributed by atoms with Crippen molar-refractivity contribution in [3.63, 3.8) is 0 Å². The lowest BCUT2D eigenvalue weighted by atomic mass is 9.82. The van der Waals surface area contributed by atoms with E-state index in [4.69, 9.17) is 0 Å². The van der Waals surface area contributed by atoms with Crippen LogP contribution in [0, 0.1) is 5.41 Å². The zero-order chi connectivity index (χ0) is 20.2. The molecule has 0 aromatic carbocycles. The topological polar surface area (TPSA) is 139 Å². The largest absolute Gasteiger partial charge is 0.393 e. The average molecular weight is 393 g/mol. The van der Waals surface area contributed by atoms with E-state index in [-0.39, 0.29) is 23.2 Å². The third-order valence-electron chi connectivity index (χ3n) is 5.86. The lowest BCUT2D eigenvalue weighted by Gasteiger charge is -2.38. The van der Waals surface area contributed by atoms with Gasteiger partial charge in [-0.2, -0.15) is 0 Å². The maximum atomic E-state index is 10.3. The molecule has 28 heavy (non-hydrogen) atoms. The van der Waals surface area contributed by atoms with Crippen LogP contribution in [-0.2, 0) is 18.4 Å². The van der Waals surface area contributed by atoms with Gasteiger partial charge in [0.25, 0.3) is 0 Å². The van der Waals surface area contributed by atoms with E-state index in [9.17, 15) is 10.2 Å². The summed E-state index contributed by atoms with van der Waals surface area (Å²) in [5.74, 6) is 1.69. The molecule has 0 amide bonds. The molecule has 0 saturated carbocycles. The Morgan fingerprint density at radius 2 is 1.86 bits per heavy atom. The van der Waals surface area contributed by atoms with Crippen LogP contribution < -0.4 is 0 Å². The van der Waals surface area contributed by atoms with E-state index in [0.29, 0.717) is 12.8 Å². The number of fused-ring (bicyclic) bond motifs is 1. The smallest absolute Gasteiger partial charge is 0.154 e. The Kier molecular flexibility index (Phi) is 6.39. The van der Waals surface area contributed by atoms with Gasteiger partial charge >= 0.3 is 0 Å². The van der Waals surface area contributed by atoms with E-state index in [1.165, 1.54) is 0 Å². The number of rotatable bonds is 12. The molecule has 0 spiro atoms. The van der Waals surface area contributed by atoms with Crippen LogP contribution in [0.4, 0.5) is 0 Å². The zero-order valence-electron chi connectivity index (χ0n) is 17.0. The summed E-state index contributed by atoms with van der Waals surface area (Å²) in [4.78, 5) is 0. The highest BCUT2D eigenvalue weighted by Crippen LogP contribution is 2.35. The molecule has 2 aromatic rings. The summed E-state index contributed by atoms with van der Waals surface area (Å²) >= 11 is 0.